The van der Waals surface area contributed by atoms with Crippen LogP contribution in [-0.2, 0) is 9.53 Å². The van der Waals surface area contributed by atoms with E-state index in [9.17, 15) is 4.79 Å². The van der Waals surface area contributed by atoms with Crippen molar-refractivity contribution in [2.24, 2.45) is 5.92 Å². The van der Waals surface area contributed by atoms with Crippen LogP contribution in [0.25, 0.3) is 0 Å². The highest BCUT2D eigenvalue weighted by molar-refractivity contribution is 5.81. The first-order chi connectivity index (χ1) is 6.15. The number of ether oxygens (including phenoxy) is 1. The van der Waals surface area contributed by atoms with E-state index in [1.165, 1.54) is 0 Å². The predicted molar refractivity (Wildman–Crippen MR) is 48.2 cm³/mol. The van der Waals surface area contributed by atoms with Gasteiger partial charge in [-0.3, -0.25) is 4.79 Å². The highest BCUT2D eigenvalue weighted by atomic mass is 16.5. The number of rotatable bonds is 3. The molecule has 0 aromatic rings. The molecule has 0 aromatic heterocycles. The number of carbonyl (C=O) groups excluding carboxylic acids is 1. The fourth-order valence-electron chi connectivity index (χ4n) is 1.40. The van der Waals surface area contributed by atoms with Crippen molar-refractivity contribution in [3.63, 3.8) is 0 Å². The van der Waals surface area contributed by atoms with Crippen molar-refractivity contribution in [3.05, 3.63) is 0 Å². The Morgan fingerprint density at radius 3 is 2.92 bits per heavy atom. The smallest absolute Gasteiger partial charge is 0.249 e. The average Bonchev–Trinajstić information content (AvgIpc) is 2.51. The monoisotopic (exact) mass is 187 g/mol. The molecule has 0 spiro atoms. The van der Waals surface area contributed by atoms with Crippen LogP contribution >= 0.6 is 0 Å². The van der Waals surface area contributed by atoms with E-state index in [2.05, 4.69) is 5.32 Å². The Morgan fingerprint density at radius 2 is 2.46 bits per heavy atom. The molecule has 76 valence electrons. The molecule has 0 saturated carbocycles. The third-order valence-corrected chi connectivity index (χ3v) is 2.31. The Balaban J connectivity index is 2.38. The molecule has 2 unspecified atom stereocenters. The van der Waals surface area contributed by atoms with Crippen molar-refractivity contribution in [3.8, 4) is 0 Å². The molecular weight excluding hydrogens is 170 g/mol. The predicted octanol–water partition coefficient (Wildman–Crippen LogP) is -0.0916. The molecule has 4 heteroatoms. The van der Waals surface area contributed by atoms with Gasteiger partial charge >= 0.3 is 0 Å². The molecule has 3 atom stereocenters. The topological polar surface area (TPSA) is 58.6 Å². The molecule has 0 aromatic carbocycles. The van der Waals surface area contributed by atoms with Crippen LogP contribution in [0.5, 0.6) is 0 Å². The zero-order chi connectivity index (χ0) is 9.84. The highest BCUT2D eigenvalue weighted by Gasteiger charge is 2.31. The highest BCUT2D eigenvalue weighted by Crippen LogP contribution is 2.19. The fraction of sp³-hybridized carbons (Fsp3) is 0.889. The lowest BCUT2D eigenvalue weighted by Gasteiger charge is -2.17. The molecular formula is C9H17NO3. The lowest BCUT2D eigenvalue weighted by Crippen LogP contribution is -2.43. The van der Waals surface area contributed by atoms with Crippen LogP contribution in [0.15, 0.2) is 0 Å². The Morgan fingerprint density at radius 1 is 1.77 bits per heavy atom. The van der Waals surface area contributed by atoms with E-state index in [1.807, 2.05) is 6.92 Å². The molecule has 13 heavy (non-hydrogen) atoms. The molecule has 1 aliphatic heterocycles. The third-order valence-electron chi connectivity index (χ3n) is 2.31. The van der Waals surface area contributed by atoms with Crippen molar-refractivity contribution in [1.82, 2.24) is 5.32 Å². The molecule has 1 aliphatic rings. The minimum atomic E-state index is -0.325. The van der Waals surface area contributed by atoms with Gasteiger partial charge in [-0.2, -0.15) is 0 Å². The van der Waals surface area contributed by atoms with Crippen LogP contribution in [0, 0.1) is 5.92 Å². The van der Waals surface area contributed by atoms with Gasteiger partial charge in [0.2, 0.25) is 5.91 Å². The minimum absolute atomic E-state index is 0.0349. The third kappa shape index (κ3) is 2.67. The van der Waals surface area contributed by atoms with Gasteiger partial charge in [-0.1, -0.05) is 6.92 Å². The summed E-state index contributed by atoms with van der Waals surface area (Å²) in [5.74, 6) is 0.178. The number of hydrogen-bond acceptors (Lipinski definition) is 3. The van der Waals surface area contributed by atoms with E-state index < -0.39 is 0 Å². The Hall–Kier alpha value is -0.610. The number of nitrogens with one attached hydrogen (secondary N) is 1. The maximum Gasteiger partial charge on any atom is 0.249 e. The first kappa shape index (κ1) is 10.5. The summed E-state index contributed by atoms with van der Waals surface area (Å²) in [6, 6.07) is -0.191. The van der Waals surface area contributed by atoms with Gasteiger partial charge in [0.05, 0.1) is 6.61 Å². The fourth-order valence-corrected chi connectivity index (χ4v) is 1.40. The maximum atomic E-state index is 11.5. The SMILES string of the molecule is CC1CCOC1C(=O)N[C@H](C)CO. The van der Waals surface area contributed by atoms with Crippen LogP contribution < -0.4 is 5.32 Å². The lowest BCUT2D eigenvalue weighted by atomic mass is 10.0. The first-order valence-corrected chi connectivity index (χ1v) is 4.68. The normalized spacial score (nSPS) is 30.1. The largest absolute Gasteiger partial charge is 0.394 e. The standard InChI is InChI=1S/C9H17NO3/c1-6-3-4-13-8(6)9(12)10-7(2)5-11/h6-8,11H,3-5H2,1-2H3,(H,10,12)/t6?,7-,8?/m1/s1. The molecule has 0 bridgehead atoms. The number of aliphatic hydroxyl groups is 1. The summed E-state index contributed by atoms with van der Waals surface area (Å²) >= 11 is 0. The summed E-state index contributed by atoms with van der Waals surface area (Å²) in [5.41, 5.74) is 0. The molecule has 1 rings (SSSR count). The Kier molecular flexibility index (Phi) is 3.69. The first-order valence-electron chi connectivity index (χ1n) is 4.68. The number of aliphatic hydroxyl groups excluding tert-OH is 1. The summed E-state index contributed by atoms with van der Waals surface area (Å²) in [6.07, 6.45) is 0.611. The van der Waals surface area contributed by atoms with E-state index in [1.54, 1.807) is 6.92 Å². The molecule has 1 heterocycles. The van der Waals surface area contributed by atoms with Crippen molar-refractivity contribution in [2.45, 2.75) is 32.4 Å². The van der Waals surface area contributed by atoms with Gasteiger partial charge in [-0.05, 0) is 19.3 Å². The average molecular weight is 187 g/mol. The van der Waals surface area contributed by atoms with E-state index >= 15 is 0 Å². The Labute approximate surface area is 78.3 Å². The van der Waals surface area contributed by atoms with Crippen molar-refractivity contribution in [2.75, 3.05) is 13.2 Å². The number of amides is 1. The van der Waals surface area contributed by atoms with E-state index in [-0.39, 0.29) is 30.6 Å². The van der Waals surface area contributed by atoms with Crippen LogP contribution in [-0.4, -0.2) is 36.4 Å². The zero-order valence-electron chi connectivity index (χ0n) is 8.12. The van der Waals surface area contributed by atoms with Crippen LogP contribution in [0.2, 0.25) is 0 Å². The number of hydrogen-bond donors (Lipinski definition) is 2. The zero-order valence-corrected chi connectivity index (χ0v) is 8.12. The van der Waals surface area contributed by atoms with E-state index in [0.29, 0.717) is 6.61 Å². The second-order valence-corrected chi connectivity index (χ2v) is 3.65. The summed E-state index contributed by atoms with van der Waals surface area (Å²) in [7, 11) is 0. The van der Waals surface area contributed by atoms with Crippen LogP contribution in [0.4, 0.5) is 0 Å². The molecule has 4 nitrogen and oxygen atoms in total. The van der Waals surface area contributed by atoms with Gasteiger partial charge in [-0.25, -0.2) is 0 Å². The summed E-state index contributed by atoms with van der Waals surface area (Å²) in [6.45, 7) is 4.39. The van der Waals surface area contributed by atoms with Crippen LogP contribution in [0.3, 0.4) is 0 Å². The van der Waals surface area contributed by atoms with Gasteiger partial charge in [0.25, 0.3) is 0 Å². The number of carbonyl (C=O) groups is 1. The van der Waals surface area contributed by atoms with Crippen molar-refractivity contribution < 1.29 is 14.6 Å². The van der Waals surface area contributed by atoms with Gasteiger partial charge in [0, 0.05) is 12.6 Å². The molecule has 0 radical (unpaired) electrons. The summed E-state index contributed by atoms with van der Waals surface area (Å²) < 4.78 is 5.28. The molecule has 1 saturated heterocycles. The van der Waals surface area contributed by atoms with Gasteiger partial charge in [-0.15, -0.1) is 0 Å². The van der Waals surface area contributed by atoms with E-state index in [4.69, 9.17) is 9.84 Å². The van der Waals surface area contributed by atoms with E-state index in [0.717, 1.165) is 6.42 Å². The summed E-state index contributed by atoms with van der Waals surface area (Å²) in [5, 5.41) is 11.4. The van der Waals surface area contributed by atoms with Gasteiger partial charge < -0.3 is 15.2 Å². The minimum Gasteiger partial charge on any atom is -0.394 e. The second-order valence-electron chi connectivity index (χ2n) is 3.65. The second kappa shape index (κ2) is 4.58. The van der Waals surface area contributed by atoms with Gasteiger partial charge in [0.1, 0.15) is 6.10 Å². The summed E-state index contributed by atoms with van der Waals surface area (Å²) in [4.78, 5) is 11.5. The molecule has 0 aliphatic carbocycles. The Bertz CT molecular complexity index is 184. The lowest BCUT2D eigenvalue weighted by molar-refractivity contribution is -0.132. The van der Waals surface area contributed by atoms with Crippen molar-refractivity contribution in [1.29, 1.82) is 0 Å². The van der Waals surface area contributed by atoms with Crippen molar-refractivity contribution >= 4 is 5.91 Å². The molecule has 1 fully saturated rings. The van der Waals surface area contributed by atoms with Gasteiger partial charge in [0.15, 0.2) is 0 Å². The maximum absolute atomic E-state index is 11.5. The quantitative estimate of drug-likeness (QED) is 0.649. The molecule has 1 amide bonds. The van der Waals surface area contributed by atoms with Crippen LogP contribution in [0.1, 0.15) is 20.3 Å². The molecule has 2 N–H and O–H groups in total.